The third-order valence-electron chi connectivity index (χ3n) is 2.16. The van der Waals surface area contributed by atoms with Crippen molar-refractivity contribution in [2.24, 2.45) is 5.41 Å². The Labute approximate surface area is 84.4 Å². The van der Waals surface area contributed by atoms with Gasteiger partial charge in [-0.15, -0.1) is 13.1 Å². The fourth-order valence-electron chi connectivity index (χ4n) is 1.09. The second-order valence-corrected chi connectivity index (χ2v) is 6.04. The first-order chi connectivity index (χ1) is 5.24. The summed E-state index contributed by atoms with van der Waals surface area (Å²) >= 11 is -0.472. The molecule has 0 unspecified atom stereocenters. The SMILES string of the molecule is [Cl][Pt+2][Cl].[NH-]CC1(C[NH-])CCC1. The van der Waals surface area contributed by atoms with E-state index in [2.05, 4.69) is 0 Å². The van der Waals surface area contributed by atoms with E-state index in [4.69, 9.17) is 30.3 Å². The Bertz CT molecular complexity index is 85.1. The Balaban J connectivity index is 0.000000292. The van der Waals surface area contributed by atoms with Gasteiger partial charge in [-0.1, -0.05) is 24.7 Å². The largest absolute Gasteiger partial charge is 0.677 e. The van der Waals surface area contributed by atoms with Crippen molar-refractivity contribution in [3.63, 3.8) is 0 Å². The van der Waals surface area contributed by atoms with Crippen molar-refractivity contribution >= 4 is 18.8 Å². The Morgan fingerprint density at radius 3 is 1.55 bits per heavy atom. The van der Waals surface area contributed by atoms with Gasteiger partial charge in [-0.05, 0) is 0 Å². The standard InChI is InChI=1S/C6H12N2.2ClH.Pt/c7-4-6(5-8)2-1-3-6;;;/h7-8H,1-5H2;2*1H;/q-2;;;+4/p-2. The number of hydrogen-bond donors (Lipinski definition) is 0. The zero-order valence-electron chi connectivity index (χ0n) is 6.11. The van der Waals surface area contributed by atoms with Crippen molar-refractivity contribution in [2.75, 3.05) is 13.1 Å². The summed E-state index contributed by atoms with van der Waals surface area (Å²) in [4.78, 5) is 0. The van der Waals surface area contributed by atoms with Crippen LogP contribution in [0.4, 0.5) is 0 Å². The van der Waals surface area contributed by atoms with E-state index in [1.165, 1.54) is 6.42 Å². The predicted octanol–water partition coefficient (Wildman–Crippen LogP) is 3.64. The maximum atomic E-state index is 7.09. The van der Waals surface area contributed by atoms with E-state index >= 15 is 0 Å². The quantitative estimate of drug-likeness (QED) is 0.705. The van der Waals surface area contributed by atoms with E-state index in [1.807, 2.05) is 0 Å². The van der Waals surface area contributed by atoms with Crippen molar-refractivity contribution in [2.45, 2.75) is 19.3 Å². The molecule has 2 N–H and O–H groups in total. The molecule has 0 aromatic heterocycles. The van der Waals surface area contributed by atoms with Gasteiger partial charge in [-0.3, -0.25) is 0 Å². The minimum absolute atomic E-state index is 0.139. The molecular weight excluding hydrogens is 366 g/mol. The molecule has 0 spiro atoms. The van der Waals surface area contributed by atoms with Crippen LogP contribution in [0, 0.1) is 5.41 Å². The molecule has 0 radical (unpaired) electrons. The molecule has 1 rings (SSSR count). The van der Waals surface area contributed by atoms with Crippen LogP contribution in [0.1, 0.15) is 19.3 Å². The van der Waals surface area contributed by atoms with Crippen molar-refractivity contribution in [3.05, 3.63) is 11.5 Å². The molecule has 0 atom stereocenters. The molecule has 0 amide bonds. The van der Waals surface area contributed by atoms with E-state index in [1.54, 1.807) is 0 Å². The summed E-state index contributed by atoms with van der Waals surface area (Å²) in [6.07, 6.45) is 3.50. The van der Waals surface area contributed by atoms with Gasteiger partial charge in [0.05, 0.1) is 0 Å². The summed E-state index contributed by atoms with van der Waals surface area (Å²) < 4.78 is 0. The maximum Gasteiger partial charge on any atom is -0.0509 e. The van der Waals surface area contributed by atoms with Gasteiger partial charge < -0.3 is 11.5 Å². The third kappa shape index (κ3) is 4.09. The number of nitrogens with one attached hydrogen (secondary N) is 2. The van der Waals surface area contributed by atoms with Crippen LogP contribution in [-0.4, -0.2) is 13.1 Å². The van der Waals surface area contributed by atoms with Gasteiger partial charge in [-0.25, -0.2) is 0 Å². The number of rotatable bonds is 2. The van der Waals surface area contributed by atoms with Gasteiger partial charge in [-0.2, -0.15) is 0 Å². The van der Waals surface area contributed by atoms with E-state index in [9.17, 15) is 0 Å². The van der Waals surface area contributed by atoms with Crippen molar-refractivity contribution in [1.82, 2.24) is 0 Å². The predicted molar refractivity (Wildman–Crippen MR) is 46.4 cm³/mol. The second kappa shape index (κ2) is 6.68. The van der Waals surface area contributed by atoms with Crippen molar-refractivity contribution in [1.29, 1.82) is 0 Å². The molecule has 1 fully saturated rings. The molecule has 1 aliphatic carbocycles. The van der Waals surface area contributed by atoms with E-state index < -0.39 is 16.5 Å². The van der Waals surface area contributed by atoms with E-state index in [0.29, 0.717) is 13.1 Å². The normalized spacial score (nSPS) is 20.0. The number of hydrogen-bond acceptors (Lipinski definition) is 0. The van der Waals surface area contributed by atoms with Crippen LogP contribution in [0.2, 0.25) is 0 Å². The number of halogens is 2. The Kier molecular flexibility index (Phi) is 7.40. The van der Waals surface area contributed by atoms with Gasteiger partial charge in [0.15, 0.2) is 0 Å². The topological polar surface area (TPSA) is 47.6 Å². The fraction of sp³-hybridized carbons (Fsp3) is 1.00. The van der Waals surface area contributed by atoms with Crippen molar-refractivity contribution < 1.29 is 16.5 Å². The molecular formula is C6H12Cl2N2Pt. The fourth-order valence-corrected chi connectivity index (χ4v) is 1.09. The molecule has 0 saturated heterocycles. The van der Waals surface area contributed by atoms with Crippen LogP contribution in [0.15, 0.2) is 0 Å². The second-order valence-electron chi connectivity index (χ2n) is 2.75. The smallest absolute Gasteiger partial charge is 0.0509 e. The molecule has 2 nitrogen and oxygen atoms in total. The zero-order chi connectivity index (χ0) is 8.74. The van der Waals surface area contributed by atoms with Crippen LogP contribution in [0.5, 0.6) is 0 Å². The zero-order valence-corrected chi connectivity index (χ0v) is 9.89. The van der Waals surface area contributed by atoms with Gasteiger partial charge in [0, 0.05) is 0 Å². The summed E-state index contributed by atoms with van der Waals surface area (Å²) in [6, 6.07) is 0. The Hall–Kier alpha value is 1.19. The summed E-state index contributed by atoms with van der Waals surface area (Å²) in [5, 5.41) is 0. The van der Waals surface area contributed by atoms with Gasteiger partial charge >= 0.3 is 35.3 Å². The maximum absolute atomic E-state index is 7.09. The molecule has 1 saturated carbocycles. The van der Waals surface area contributed by atoms with E-state index in [0.717, 1.165) is 12.8 Å². The average Bonchev–Trinajstić information content (AvgIpc) is 1.90. The monoisotopic (exact) mass is 377 g/mol. The minimum atomic E-state index is -0.472. The molecule has 0 aliphatic heterocycles. The van der Waals surface area contributed by atoms with Crippen LogP contribution in [0.25, 0.3) is 11.5 Å². The Morgan fingerprint density at radius 1 is 1.18 bits per heavy atom. The van der Waals surface area contributed by atoms with E-state index in [-0.39, 0.29) is 5.41 Å². The van der Waals surface area contributed by atoms with Crippen LogP contribution >= 0.6 is 18.8 Å². The van der Waals surface area contributed by atoms with Crippen LogP contribution in [0.3, 0.4) is 0 Å². The van der Waals surface area contributed by atoms with Crippen LogP contribution < -0.4 is 0 Å². The first-order valence-electron chi connectivity index (χ1n) is 3.36. The molecule has 1 aliphatic rings. The first-order valence-corrected chi connectivity index (χ1v) is 8.99. The molecule has 0 aromatic rings. The summed E-state index contributed by atoms with van der Waals surface area (Å²) in [7, 11) is 9.75. The molecule has 5 heteroatoms. The molecule has 0 bridgehead atoms. The van der Waals surface area contributed by atoms with Gasteiger partial charge in [0.2, 0.25) is 0 Å². The minimum Gasteiger partial charge on any atom is -0.677 e. The average molecular weight is 378 g/mol. The Morgan fingerprint density at radius 2 is 1.55 bits per heavy atom. The van der Waals surface area contributed by atoms with Gasteiger partial charge in [0.1, 0.15) is 0 Å². The van der Waals surface area contributed by atoms with Crippen LogP contribution in [-0.2, 0) is 16.5 Å². The molecule has 0 aromatic carbocycles. The molecule has 11 heavy (non-hydrogen) atoms. The third-order valence-corrected chi connectivity index (χ3v) is 2.16. The summed E-state index contributed by atoms with van der Waals surface area (Å²) in [6.45, 7) is 0.938. The van der Waals surface area contributed by atoms with Gasteiger partial charge in [0.25, 0.3) is 0 Å². The first kappa shape index (κ1) is 12.2. The summed E-state index contributed by atoms with van der Waals surface area (Å²) in [5.74, 6) is 0. The molecule has 70 valence electrons. The van der Waals surface area contributed by atoms with Crippen molar-refractivity contribution in [3.8, 4) is 0 Å². The summed E-state index contributed by atoms with van der Waals surface area (Å²) in [5.41, 5.74) is 14.3. The molecule has 0 heterocycles.